The summed E-state index contributed by atoms with van der Waals surface area (Å²) in [5.74, 6) is -0.211. The van der Waals surface area contributed by atoms with E-state index in [0.29, 0.717) is 24.4 Å². The number of rotatable bonds is 6. The molecule has 1 fully saturated rings. The molecule has 2 aromatic carbocycles. The summed E-state index contributed by atoms with van der Waals surface area (Å²) in [4.78, 5) is 12.8. The molecular formula is C19H22N2O4S. The van der Waals surface area contributed by atoms with Crippen LogP contribution in [0, 0.1) is 0 Å². The maximum absolute atomic E-state index is 12.8. The largest absolute Gasteiger partial charge is 0.476 e. The molecule has 0 aromatic heterocycles. The minimum Gasteiger partial charge on any atom is -0.476 e. The minimum absolute atomic E-state index is 0.429. The summed E-state index contributed by atoms with van der Waals surface area (Å²) in [6.45, 7) is 0.857. The van der Waals surface area contributed by atoms with E-state index in [1.54, 1.807) is 48.5 Å². The lowest BCUT2D eigenvalue weighted by Gasteiger charge is -2.27. The quantitative estimate of drug-likeness (QED) is 0.843. The molecule has 7 heteroatoms. The van der Waals surface area contributed by atoms with Crippen LogP contribution in [-0.2, 0) is 15.0 Å². The first kappa shape index (κ1) is 18.4. The molecule has 1 aliphatic heterocycles. The van der Waals surface area contributed by atoms with Crippen LogP contribution in [0.4, 0.5) is 0 Å². The maximum Gasteiger partial charge on any atom is 0.303 e. The van der Waals surface area contributed by atoms with Gasteiger partial charge in [0.1, 0.15) is 5.75 Å². The number of carbonyl (C=O) groups is 1. The highest BCUT2D eigenvalue weighted by Crippen LogP contribution is 2.23. The van der Waals surface area contributed by atoms with Gasteiger partial charge < -0.3 is 4.74 Å². The summed E-state index contributed by atoms with van der Waals surface area (Å²) in [5.41, 5.74) is 0.586. The summed E-state index contributed by atoms with van der Waals surface area (Å²) >= 11 is 0. The van der Waals surface area contributed by atoms with Crippen molar-refractivity contribution in [2.45, 2.75) is 25.4 Å². The van der Waals surface area contributed by atoms with Gasteiger partial charge in [-0.05, 0) is 25.0 Å². The van der Waals surface area contributed by atoms with Gasteiger partial charge >= 0.3 is 10.2 Å². The average Bonchev–Trinajstić information content (AvgIpc) is 2.68. The zero-order valence-electron chi connectivity index (χ0n) is 14.4. The van der Waals surface area contributed by atoms with E-state index in [-0.39, 0.29) is 0 Å². The number of nitrogens with one attached hydrogen (secondary N) is 1. The SMILES string of the molecule is O=C(NS(=O)(=O)N1CCCCC1)[C@H](Oc1ccccc1)c1ccccc1. The maximum atomic E-state index is 12.8. The van der Waals surface area contributed by atoms with Crippen LogP contribution < -0.4 is 9.46 Å². The second kappa shape index (κ2) is 8.33. The molecule has 1 atom stereocenters. The Hall–Kier alpha value is -2.38. The number of amides is 1. The minimum atomic E-state index is -3.87. The van der Waals surface area contributed by atoms with Crippen molar-refractivity contribution in [3.8, 4) is 5.75 Å². The summed E-state index contributed by atoms with van der Waals surface area (Å²) in [5, 5.41) is 0. The van der Waals surface area contributed by atoms with Gasteiger partial charge in [-0.1, -0.05) is 55.0 Å². The number of para-hydroxylation sites is 1. The number of carbonyl (C=O) groups excluding carboxylic acids is 1. The molecular weight excluding hydrogens is 352 g/mol. The van der Waals surface area contributed by atoms with Crippen LogP contribution in [-0.4, -0.2) is 31.7 Å². The highest BCUT2D eigenvalue weighted by atomic mass is 32.2. The normalized spacial score (nSPS) is 16.6. The van der Waals surface area contributed by atoms with E-state index in [1.807, 2.05) is 12.1 Å². The van der Waals surface area contributed by atoms with Crippen molar-refractivity contribution in [2.75, 3.05) is 13.1 Å². The van der Waals surface area contributed by atoms with Crippen LogP contribution in [0.5, 0.6) is 5.75 Å². The van der Waals surface area contributed by atoms with Crippen molar-refractivity contribution >= 4 is 16.1 Å². The van der Waals surface area contributed by atoms with E-state index >= 15 is 0 Å². The van der Waals surface area contributed by atoms with Crippen molar-refractivity contribution in [3.63, 3.8) is 0 Å². The first-order valence-corrected chi connectivity index (χ1v) is 10.1. The third kappa shape index (κ3) is 4.62. The summed E-state index contributed by atoms with van der Waals surface area (Å²) in [6, 6.07) is 17.7. The van der Waals surface area contributed by atoms with Gasteiger partial charge in [0, 0.05) is 18.7 Å². The zero-order valence-corrected chi connectivity index (χ0v) is 15.2. The molecule has 6 nitrogen and oxygen atoms in total. The zero-order chi connectivity index (χ0) is 18.4. The lowest BCUT2D eigenvalue weighted by atomic mass is 10.1. The van der Waals surface area contributed by atoms with Gasteiger partial charge in [0.25, 0.3) is 5.91 Å². The van der Waals surface area contributed by atoms with Crippen molar-refractivity contribution in [1.82, 2.24) is 9.03 Å². The topological polar surface area (TPSA) is 75.7 Å². The van der Waals surface area contributed by atoms with Crippen LogP contribution in [0.15, 0.2) is 60.7 Å². The van der Waals surface area contributed by atoms with Crippen molar-refractivity contribution in [3.05, 3.63) is 66.2 Å². The van der Waals surface area contributed by atoms with Gasteiger partial charge in [-0.15, -0.1) is 0 Å². The molecule has 2 aromatic rings. The standard InChI is InChI=1S/C19H22N2O4S/c22-19(20-26(23,24)21-14-8-3-9-15-21)18(16-10-4-1-5-11-16)25-17-12-6-2-7-13-17/h1-2,4-7,10-13,18H,3,8-9,14-15H2,(H,20,22)/t18-/m1/s1. The molecule has 138 valence electrons. The molecule has 1 amide bonds. The molecule has 0 saturated carbocycles. The summed E-state index contributed by atoms with van der Waals surface area (Å²) in [6.07, 6.45) is 1.55. The monoisotopic (exact) mass is 374 g/mol. The molecule has 0 unspecified atom stereocenters. The molecule has 1 aliphatic rings. The van der Waals surface area contributed by atoms with E-state index in [9.17, 15) is 13.2 Å². The predicted octanol–water partition coefficient (Wildman–Crippen LogP) is 2.65. The predicted molar refractivity (Wildman–Crippen MR) is 98.7 cm³/mol. The van der Waals surface area contributed by atoms with Crippen molar-refractivity contribution in [1.29, 1.82) is 0 Å². The fourth-order valence-electron chi connectivity index (χ4n) is 2.89. The highest BCUT2D eigenvalue weighted by molar-refractivity contribution is 7.87. The molecule has 1 heterocycles. The Bertz CT molecular complexity index is 819. The number of piperidine rings is 1. The average molecular weight is 374 g/mol. The van der Waals surface area contributed by atoms with Crippen LogP contribution in [0.2, 0.25) is 0 Å². The van der Waals surface area contributed by atoms with Gasteiger partial charge in [-0.25, -0.2) is 4.72 Å². The lowest BCUT2D eigenvalue weighted by Crippen LogP contribution is -2.47. The van der Waals surface area contributed by atoms with Crippen molar-refractivity contribution in [2.24, 2.45) is 0 Å². The number of ether oxygens (including phenoxy) is 1. The van der Waals surface area contributed by atoms with E-state index in [4.69, 9.17) is 4.74 Å². The first-order valence-electron chi connectivity index (χ1n) is 8.65. The molecule has 1 saturated heterocycles. The fourth-order valence-corrected chi connectivity index (χ4v) is 4.12. The highest BCUT2D eigenvalue weighted by Gasteiger charge is 2.31. The van der Waals surface area contributed by atoms with Crippen LogP contribution in [0.1, 0.15) is 30.9 Å². The van der Waals surface area contributed by atoms with Crippen LogP contribution in [0.3, 0.4) is 0 Å². The molecule has 0 bridgehead atoms. The third-order valence-corrected chi connectivity index (χ3v) is 5.73. The van der Waals surface area contributed by atoms with E-state index in [2.05, 4.69) is 4.72 Å². The second-order valence-corrected chi connectivity index (χ2v) is 7.82. The lowest BCUT2D eigenvalue weighted by molar-refractivity contribution is -0.126. The van der Waals surface area contributed by atoms with E-state index in [1.165, 1.54) is 4.31 Å². The fraction of sp³-hybridized carbons (Fsp3) is 0.316. The Morgan fingerprint density at radius 1 is 0.923 bits per heavy atom. The molecule has 0 aliphatic carbocycles. The van der Waals surface area contributed by atoms with Crippen molar-refractivity contribution < 1.29 is 17.9 Å². The first-order chi connectivity index (χ1) is 12.6. The van der Waals surface area contributed by atoms with Crippen LogP contribution in [0.25, 0.3) is 0 Å². The van der Waals surface area contributed by atoms with E-state index < -0.39 is 22.2 Å². The Kier molecular flexibility index (Phi) is 5.90. The summed E-state index contributed by atoms with van der Waals surface area (Å²) in [7, 11) is -3.87. The second-order valence-electron chi connectivity index (χ2n) is 6.15. The number of hydrogen-bond donors (Lipinski definition) is 1. The molecule has 0 spiro atoms. The smallest absolute Gasteiger partial charge is 0.303 e. The van der Waals surface area contributed by atoms with Crippen LogP contribution >= 0.6 is 0 Å². The Balaban J connectivity index is 1.80. The molecule has 3 rings (SSSR count). The summed E-state index contributed by atoms with van der Waals surface area (Å²) < 4.78 is 34.3. The number of benzene rings is 2. The Morgan fingerprint density at radius 2 is 1.50 bits per heavy atom. The van der Waals surface area contributed by atoms with Gasteiger partial charge in [0.15, 0.2) is 0 Å². The number of hydrogen-bond acceptors (Lipinski definition) is 4. The Labute approximate surface area is 154 Å². The Morgan fingerprint density at radius 3 is 2.12 bits per heavy atom. The molecule has 26 heavy (non-hydrogen) atoms. The third-order valence-electron chi connectivity index (χ3n) is 4.22. The van der Waals surface area contributed by atoms with Gasteiger partial charge in [0.05, 0.1) is 0 Å². The van der Waals surface area contributed by atoms with Gasteiger partial charge in [-0.3, -0.25) is 4.79 Å². The number of nitrogens with zero attached hydrogens (tertiary/aromatic N) is 1. The van der Waals surface area contributed by atoms with E-state index in [0.717, 1.165) is 19.3 Å². The van der Waals surface area contributed by atoms with Gasteiger partial charge in [0.2, 0.25) is 6.10 Å². The molecule has 1 N–H and O–H groups in total. The molecule has 0 radical (unpaired) electrons. The van der Waals surface area contributed by atoms with Gasteiger partial charge in [-0.2, -0.15) is 12.7 Å².